The first-order valence-electron chi connectivity index (χ1n) is 4.81. The number of rotatable bonds is 4. The minimum atomic E-state index is -0.0487. The van der Waals surface area contributed by atoms with Gasteiger partial charge in [-0.15, -0.1) is 0 Å². The van der Waals surface area contributed by atoms with Gasteiger partial charge < -0.3 is 16.4 Å². The Labute approximate surface area is 89.1 Å². The molecule has 0 radical (unpaired) electrons. The van der Waals surface area contributed by atoms with Crippen LogP contribution < -0.4 is 16.4 Å². The summed E-state index contributed by atoms with van der Waals surface area (Å²) in [5.74, 6) is -0.0487. The number of aromatic nitrogens is 1. The zero-order valence-corrected chi connectivity index (χ0v) is 8.95. The lowest BCUT2D eigenvalue weighted by Crippen LogP contribution is -2.34. The summed E-state index contributed by atoms with van der Waals surface area (Å²) >= 11 is 0. The second-order valence-corrected chi connectivity index (χ2v) is 3.58. The first kappa shape index (κ1) is 11.3. The number of hydrogen-bond donors (Lipinski definition) is 3. The largest absolute Gasteiger partial charge is 0.397 e. The number of nitrogen functional groups attached to an aromatic ring is 1. The number of pyridine rings is 1. The van der Waals surface area contributed by atoms with Crippen LogP contribution in [0, 0.1) is 0 Å². The topological polar surface area (TPSA) is 80.0 Å². The van der Waals surface area contributed by atoms with Crippen LogP contribution in [0.1, 0.15) is 13.8 Å². The molecule has 0 unspecified atom stereocenters. The molecule has 1 amide bonds. The average Bonchev–Trinajstić information content (AvgIpc) is 2.14. The second-order valence-electron chi connectivity index (χ2n) is 3.58. The number of hydrogen-bond acceptors (Lipinski definition) is 4. The third kappa shape index (κ3) is 4.30. The highest BCUT2D eigenvalue weighted by atomic mass is 16.1. The van der Waals surface area contributed by atoms with Crippen molar-refractivity contribution in [3.63, 3.8) is 0 Å². The van der Waals surface area contributed by atoms with Gasteiger partial charge in [0.25, 0.3) is 0 Å². The molecule has 0 aliphatic heterocycles. The normalized spacial score (nSPS) is 10.1. The lowest BCUT2D eigenvalue weighted by molar-refractivity contribution is -0.119. The van der Waals surface area contributed by atoms with E-state index in [1.54, 1.807) is 18.5 Å². The van der Waals surface area contributed by atoms with Gasteiger partial charge in [-0.3, -0.25) is 9.78 Å². The quantitative estimate of drug-likeness (QED) is 0.677. The van der Waals surface area contributed by atoms with Gasteiger partial charge in [0.05, 0.1) is 24.1 Å². The highest BCUT2D eigenvalue weighted by molar-refractivity contribution is 5.80. The Hall–Kier alpha value is -1.78. The molecule has 0 saturated carbocycles. The van der Waals surface area contributed by atoms with E-state index in [2.05, 4.69) is 15.6 Å². The summed E-state index contributed by atoms with van der Waals surface area (Å²) in [6.45, 7) is 4.06. The van der Waals surface area contributed by atoms with Crippen LogP contribution in [0.2, 0.25) is 0 Å². The molecule has 1 aromatic heterocycles. The Morgan fingerprint density at radius 2 is 2.27 bits per heavy atom. The summed E-state index contributed by atoms with van der Waals surface area (Å²) in [7, 11) is 0. The smallest absolute Gasteiger partial charge is 0.239 e. The molecule has 0 saturated heterocycles. The zero-order chi connectivity index (χ0) is 11.3. The third-order valence-electron chi connectivity index (χ3n) is 1.66. The van der Waals surface area contributed by atoms with Crippen molar-refractivity contribution < 1.29 is 4.79 Å². The van der Waals surface area contributed by atoms with Gasteiger partial charge in [-0.2, -0.15) is 0 Å². The molecule has 15 heavy (non-hydrogen) atoms. The van der Waals surface area contributed by atoms with Crippen LogP contribution in [0.15, 0.2) is 18.5 Å². The summed E-state index contributed by atoms with van der Waals surface area (Å²) in [5.41, 5.74) is 6.86. The molecule has 5 nitrogen and oxygen atoms in total. The molecule has 82 valence electrons. The third-order valence-corrected chi connectivity index (χ3v) is 1.66. The van der Waals surface area contributed by atoms with Crippen LogP contribution in [0.3, 0.4) is 0 Å². The maximum atomic E-state index is 11.3. The summed E-state index contributed by atoms with van der Waals surface area (Å²) in [5, 5.41) is 5.71. The molecule has 0 aliphatic rings. The van der Waals surface area contributed by atoms with E-state index >= 15 is 0 Å². The van der Waals surface area contributed by atoms with E-state index in [0.29, 0.717) is 5.69 Å². The summed E-state index contributed by atoms with van der Waals surface area (Å²) < 4.78 is 0. The molecule has 0 atom stereocenters. The van der Waals surface area contributed by atoms with E-state index in [-0.39, 0.29) is 18.5 Å². The lowest BCUT2D eigenvalue weighted by Gasteiger charge is -2.09. The summed E-state index contributed by atoms with van der Waals surface area (Å²) in [4.78, 5) is 15.2. The van der Waals surface area contributed by atoms with Gasteiger partial charge >= 0.3 is 0 Å². The van der Waals surface area contributed by atoms with Crippen molar-refractivity contribution >= 4 is 17.3 Å². The SMILES string of the molecule is CC(C)NC(=O)CNc1cncc(N)c1. The predicted molar refractivity (Wildman–Crippen MR) is 60.4 cm³/mol. The fourth-order valence-electron chi connectivity index (χ4n) is 1.11. The number of nitrogens with two attached hydrogens (primary N) is 1. The van der Waals surface area contributed by atoms with Crippen LogP contribution in [-0.2, 0) is 4.79 Å². The number of amides is 1. The lowest BCUT2D eigenvalue weighted by atomic mass is 10.3. The first-order chi connectivity index (χ1) is 7.08. The molecule has 1 heterocycles. The van der Waals surface area contributed by atoms with Gasteiger partial charge in [-0.1, -0.05) is 0 Å². The molecule has 0 aliphatic carbocycles. The fraction of sp³-hybridized carbons (Fsp3) is 0.400. The number of nitrogens with zero attached hydrogens (tertiary/aromatic N) is 1. The van der Waals surface area contributed by atoms with Crippen molar-refractivity contribution in [2.24, 2.45) is 0 Å². The Morgan fingerprint density at radius 1 is 1.53 bits per heavy atom. The fourth-order valence-corrected chi connectivity index (χ4v) is 1.11. The molecule has 4 N–H and O–H groups in total. The zero-order valence-electron chi connectivity index (χ0n) is 8.95. The number of anilines is 2. The Balaban J connectivity index is 2.40. The molecule has 0 bridgehead atoms. The maximum Gasteiger partial charge on any atom is 0.239 e. The summed E-state index contributed by atoms with van der Waals surface area (Å²) in [6, 6.07) is 1.88. The van der Waals surface area contributed by atoms with Crippen molar-refractivity contribution in [3.05, 3.63) is 18.5 Å². The molecule has 1 rings (SSSR count). The van der Waals surface area contributed by atoms with E-state index in [0.717, 1.165) is 5.69 Å². The van der Waals surface area contributed by atoms with Gasteiger partial charge in [0.2, 0.25) is 5.91 Å². The van der Waals surface area contributed by atoms with Gasteiger partial charge in [0, 0.05) is 12.2 Å². The summed E-state index contributed by atoms with van der Waals surface area (Å²) in [6.07, 6.45) is 3.18. The Bertz CT molecular complexity index is 338. The van der Waals surface area contributed by atoms with E-state index in [4.69, 9.17) is 5.73 Å². The van der Waals surface area contributed by atoms with Crippen LogP contribution in [0.4, 0.5) is 11.4 Å². The molecule has 0 fully saturated rings. The minimum absolute atomic E-state index is 0.0487. The maximum absolute atomic E-state index is 11.3. The van der Waals surface area contributed by atoms with E-state index in [9.17, 15) is 4.79 Å². The number of carbonyl (C=O) groups excluding carboxylic acids is 1. The molecule has 1 aromatic rings. The standard InChI is InChI=1S/C10H16N4O/c1-7(2)14-10(15)6-13-9-3-8(11)4-12-5-9/h3-5,7,13H,6,11H2,1-2H3,(H,14,15). The van der Waals surface area contributed by atoms with Crippen molar-refractivity contribution in [3.8, 4) is 0 Å². The predicted octanol–water partition coefficient (Wildman–Crippen LogP) is 0.600. The Morgan fingerprint density at radius 3 is 2.87 bits per heavy atom. The molecule has 0 aromatic carbocycles. The minimum Gasteiger partial charge on any atom is -0.397 e. The highest BCUT2D eigenvalue weighted by Gasteiger charge is 2.02. The highest BCUT2D eigenvalue weighted by Crippen LogP contribution is 2.08. The second kappa shape index (κ2) is 5.19. The van der Waals surface area contributed by atoms with Crippen molar-refractivity contribution in [2.75, 3.05) is 17.6 Å². The molecule has 0 spiro atoms. The van der Waals surface area contributed by atoms with E-state index < -0.39 is 0 Å². The van der Waals surface area contributed by atoms with Crippen molar-refractivity contribution in [2.45, 2.75) is 19.9 Å². The molecular formula is C10H16N4O. The van der Waals surface area contributed by atoms with E-state index in [1.165, 1.54) is 0 Å². The van der Waals surface area contributed by atoms with Crippen LogP contribution in [-0.4, -0.2) is 23.5 Å². The van der Waals surface area contributed by atoms with Gasteiger partial charge in [0.1, 0.15) is 0 Å². The average molecular weight is 208 g/mol. The van der Waals surface area contributed by atoms with Crippen LogP contribution in [0.5, 0.6) is 0 Å². The molecular weight excluding hydrogens is 192 g/mol. The monoisotopic (exact) mass is 208 g/mol. The van der Waals surface area contributed by atoms with Crippen LogP contribution in [0.25, 0.3) is 0 Å². The number of nitrogens with one attached hydrogen (secondary N) is 2. The van der Waals surface area contributed by atoms with Crippen molar-refractivity contribution in [1.29, 1.82) is 0 Å². The number of carbonyl (C=O) groups is 1. The van der Waals surface area contributed by atoms with Crippen molar-refractivity contribution in [1.82, 2.24) is 10.3 Å². The van der Waals surface area contributed by atoms with Gasteiger partial charge in [-0.05, 0) is 19.9 Å². The van der Waals surface area contributed by atoms with Gasteiger partial charge in [-0.25, -0.2) is 0 Å². The van der Waals surface area contributed by atoms with Gasteiger partial charge in [0.15, 0.2) is 0 Å². The van der Waals surface area contributed by atoms with Crippen LogP contribution >= 0.6 is 0 Å². The first-order valence-corrected chi connectivity index (χ1v) is 4.81. The van der Waals surface area contributed by atoms with E-state index in [1.807, 2.05) is 13.8 Å². The molecule has 5 heteroatoms. The Kier molecular flexibility index (Phi) is 3.91.